The van der Waals surface area contributed by atoms with E-state index in [1.165, 1.54) is 4.52 Å². The van der Waals surface area contributed by atoms with Crippen molar-refractivity contribution in [2.75, 3.05) is 13.1 Å². The molecule has 3 heterocycles. The van der Waals surface area contributed by atoms with Gasteiger partial charge in [0, 0.05) is 24.7 Å². The lowest BCUT2D eigenvalue weighted by molar-refractivity contribution is 0.0944. The second-order valence-electron chi connectivity index (χ2n) is 7.73. The van der Waals surface area contributed by atoms with Crippen LogP contribution >= 0.6 is 0 Å². The zero-order chi connectivity index (χ0) is 19.1. The van der Waals surface area contributed by atoms with E-state index in [0.29, 0.717) is 12.2 Å². The van der Waals surface area contributed by atoms with Crippen LogP contribution in [-0.4, -0.2) is 44.3 Å². The molecule has 0 unspecified atom stereocenters. The van der Waals surface area contributed by atoms with Crippen molar-refractivity contribution in [1.29, 1.82) is 0 Å². The van der Waals surface area contributed by atoms with Gasteiger partial charge in [-0.3, -0.25) is 14.2 Å². The van der Waals surface area contributed by atoms with Crippen LogP contribution in [0.25, 0.3) is 11.2 Å². The molecule has 1 aliphatic heterocycles. The molecule has 144 valence electrons. The van der Waals surface area contributed by atoms with Crippen LogP contribution in [0.4, 0.5) is 0 Å². The Balaban J connectivity index is 1.93. The number of rotatable bonds is 5. The summed E-state index contributed by atoms with van der Waals surface area (Å²) in [5.74, 6) is -0.730. The van der Waals surface area contributed by atoms with Crippen molar-refractivity contribution in [1.82, 2.24) is 24.8 Å². The smallest absolute Gasteiger partial charge is 0.270 e. The first-order chi connectivity index (χ1) is 13.0. The maximum Gasteiger partial charge on any atom is 0.270 e. The summed E-state index contributed by atoms with van der Waals surface area (Å²) in [7, 11) is 0. The number of carbonyl (C=O) groups is 1. The number of fused-ring (bicyclic) bond motifs is 1. The first kappa shape index (κ1) is 17.8. The Morgan fingerprint density at radius 3 is 2.85 bits per heavy atom. The first-order valence-corrected chi connectivity index (χ1v) is 9.52. The van der Waals surface area contributed by atoms with E-state index in [9.17, 15) is 14.7 Å². The van der Waals surface area contributed by atoms with Crippen molar-refractivity contribution in [3.8, 4) is 5.88 Å². The lowest BCUT2D eigenvalue weighted by atomic mass is 10.0. The summed E-state index contributed by atoms with van der Waals surface area (Å²) in [4.78, 5) is 25.8. The molecule has 8 heteroatoms. The highest BCUT2D eigenvalue weighted by molar-refractivity contribution is 5.97. The molecule has 2 aliphatic rings. The van der Waals surface area contributed by atoms with Crippen molar-refractivity contribution in [2.45, 2.75) is 45.7 Å². The lowest BCUT2D eigenvalue weighted by Crippen LogP contribution is -2.36. The van der Waals surface area contributed by atoms with Crippen molar-refractivity contribution in [2.24, 2.45) is 5.92 Å². The topological polar surface area (TPSA) is 101 Å². The lowest BCUT2D eigenvalue weighted by Gasteiger charge is -2.18. The fourth-order valence-corrected chi connectivity index (χ4v) is 3.50. The highest BCUT2D eigenvalue weighted by Crippen LogP contribution is 2.28. The van der Waals surface area contributed by atoms with Gasteiger partial charge in [-0.15, -0.1) is 0 Å². The van der Waals surface area contributed by atoms with Gasteiger partial charge in [-0.05, 0) is 37.3 Å². The van der Waals surface area contributed by atoms with Gasteiger partial charge in [-0.25, -0.2) is 0 Å². The average molecular weight is 371 g/mol. The average Bonchev–Trinajstić information content (AvgIpc) is 3.33. The zero-order valence-corrected chi connectivity index (χ0v) is 15.7. The molecule has 0 aromatic carbocycles. The van der Waals surface area contributed by atoms with E-state index in [0.717, 1.165) is 43.5 Å². The van der Waals surface area contributed by atoms with Gasteiger partial charge >= 0.3 is 0 Å². The minimum atomic E-state index is -0.530. The van der Waals surface area contributed by atoms with E-state index in [2.05, 4.69) is 21.8 Å². The van der Waals surface area contributed by atoms with Crippen LogP contribution in [0.2, 0.25) is 0 Å². The molecule has 0 saturated heterocycles. The third-order valence-corrected chi connectivity index (χ3v) is 4.98. The Kier molecular flexibility index (Phi) is 4.51. The normalized spacial score (nSPS) is 17.4. The maximum atomic E-state index is 13.2. The van der Waals surface area contributed by atoms with Gasteiger partial charge in [0.25, 0.3) is 11.5 Å². The quantitative estimate of drug-likeness (QED) is 0.731. The van der Waals surface area contributed by atoms with E-state index < -0.39 is 17.3 Å². The molecule has 1 aliphatic carbocycles. The molecule has 3 N–H and O–H groups in total. The van der Waals surface area contributed by atoms with Crippen LogP contribution < -0.4 is 16.2 Å². The van der Waals surface area contributed by atoms with Gasteiger partial charge in [0.05, 0.1) is 6.20 Å². The van der Waals surface area contributed by atoms with E-state index >= 15 is 0 Å². The summed E-state index contributed by atoms with van der Waals surface area (Å²) in [6.45, 7) is 6.08. The minimum Gasteiger partial charge on any atom is -0.492 e. The molecule has 2 aromatic rings. The van der Waals surface area contributed by atoms with Crippen molar-refractivity contribution >= 4 is 17.1 Å². The summed E-state index contributed by atoms with van der Waals surface area (Å²) in [6.07, 6.45) is 6.38. The molecular formula is C19H25N5O3. The maximum absolute atomic E-state index is 13.2. The number of hydrogen-bond donors (Lipinski definition) is 3. The molecule has 4 rings (SSSR count). The fraction of sp³-hybridized carbons (Fsp3) is 0.526. The van der Waals surface area contributed by atoms with Crippen LogP contribution in [0.1, 0.15) is 49.0 Å². The first-order valence-electron chi connectivity index (χ1n) is 9.52. The monoisotopic (exact) mass is 371 g/mol. The molecule has 0 radical (unpaired) electrons. The molecular weight excluding hydrogens is 346 g/mol. The Morgan fingerprint density at radius 2 is 2.22 bits per heavy atom. The number of amides is 1. The van der Waals surface area contributed by atoms with E-state index in [1.807, 2.05) is 13.8 Å². The highest BCUT2D eigenvalue weighted by Gasteiger charge is 2.30. The van der Waals surface area contributed by atoms with E-state index in [-0.39, 0.29) is 17.5 Å². The highest BCUT2D eigenvalue weighted by atomic mass is 16.3. The number of carbonyl (C=O) groups excluding carboxylic acids is 1. The third-order valence-electron chi connectivity index (χ3n) is 4.98. The molecule has 0 spiro atoms. The third kappa shape index (κ3) is 3.25. The molecule has 1 amide bonds. The van der Waals surface area contributed by atoms with Crippen LogP contribution in [0.5, 0.6) is 5.88 Å². The molecule has 1 saturated carbocycles. The van der Waals surface area contributed by atoms with Crippen molar-refractivity contribution in [3.05, 3.63) is 33.8 Å². The van der Waals surface area contributed by atoms with Gasteiger partial charge < -0.3 is 15.7 Å². The number of aromatic hydroxyl groups is 1. The summed E-state index contributed by atoms with van der Waals surface area (Å²) in [5.41, 5.74) is 1.77. The van der Waals surface area contributed by atoms with Crippen LogP contribution in [-0.2, 0) is 6.54 Å². The Hall–Kier alpha value is -2.61. The van der Waals surface area contributed by atoms with Gasteiger partial charge in [-0.1, -0.05) is 19.9 Å². The molecule has 0 atom stereocenters. The van der Waals surface area contributed by atoms with Crippen LogP contribution in [0.15, 0.2) is 17.1 Å². The molecule has 2 aromatic heterocycles. The SMILES string of the molecule is CC(C)Cn1c(=O)c(C(=O)NC2CC2)c(O)n2ncc(C3=CCNCC3)c12. The largest absolute Gasteiger partial charge is 0.492 e. The zero-order valence-electron chi connectivity index (χ0n) is 15.7. The van der Waals surface area contributed by atoms with E-state index in [1.54, 1.807) is 10.8 Å². The van der Waals surface area contributed by atoms with Crippen LogP contribution in [0, 0.1) is 5.92 Å². The standard InChI is InChI=1S/C19H25N5O3/c1-11(2)10-23-17-14(12-5-7-20-8-6-12)9-21-24(17)19(27)15(18(23)26)16(25)22-13-3-4-13/h5,9,11,13,20,27H,3-4,6-8,10H2,1-2H3,(H,22,25). The minimum absolute atomic E-state index is 0.0959. The van der Waals surface area contributed by atoms with Gasteiger partial charge in [0.2, 0.25) is 5.88 Å². The van der Waals surface area contributed by atoms with Crippen LogP contribution in [0.3, 0.4) is 0 Å². The molecule has 0 bridgehead atoms. The Labute approximate surface area is 156 Å². The summed E-state index contributed by atoms with van der Waals surface area (Å²) < 4.78 is 2.90. The predicted octanol–water partition coefficient (Wildman–Crippen LogP) is 1.13. The van der Waals surface area contributed by atoms with Gasteiger partial charge in [0.1, 0.15) is 5.65 Å². The number of nitrogens with zero attached hydrogens (tertiary/aromatic N) is 3. The summed E-state index contributed by atoms with van der Waals surface area (Å²) >= 11 is 0. The second kappa shape index (κ2) is 6.84. The van der Waals surface area contributed by atoms with Crippen molar-refractivity contribution in [3.63, 3.8) is 0 Å². The number of hydrogen-bond acceptors (Lipinski definition) is 5. The Morgan fingerprint density at radius 1 is 1.44 bits per heavy atom. The van der Waals surface area contributed by atoms with E-state index in [4.69, 9.17) is 0 Å². The Bertz CT molecular complexity index is 981. The molecule has 1 fully saturated rings. The number of aromatic nitrogens is 3. The van der Waals surface area contributed by atoms with Gasteiger partial charge in [0.15, 0.2) is 5.56 Å². The fourth-order valence-electron chi connectivity index (χ4n) is 3.50. The van der Waals surface area contributed by atoms with Gasteiger partial charge in [-0.2, -0.15) is 9.61 Å². The summed E-state index contributed by atoms with van der Waals surface area (Å²) in [6, 6.07) is 0.0959. The second-order valence-corrected chi connectivity index (χ2v) is 7.73. The summed E-state index contributed by atoms with van der Waals surface area (Å²) in [5, 5.41) is 21.1. The number of nitrogens with one attached hydrogen (secondary N) is 2. The predicted molar refractivity (Wildman–Crippen MR) is 102 cm³/mol. The van der Waals surface area contributed by atoms with Crippen molar-refractivity contribution < 1.29 is 9.90 Å². The molecule has 8 nitrogen and oxygen atoms in total. The molecule has 27 heavy (non-hydrogen) atoms.